The molecule has 1 aliphatic rings. The number of carbonyl (C=O) groups is 2. The van der Waals surface area contributed by atoms with E-state index in [2.05, 4.69) is 27.1 Å². The van der Waals surface area contributed by atoms with Crippen molar-refractivity contribution in [3.63, 3.8) is 0 Å². The van der Waals surface area contributed by atoms with E-state index in [1.807, 2.05) is 53.3 Å². The number of rotatable bonds is 6. The lowest BCUT2D eigenvalue weighted by molar-refractivity contribution is -0.192. The van der Waals surface area contributed by atoms with Gasteiger partial charge < -0.3 is 19.7 Å². The Morgan fingerprint density at radius 1 is 1.11 bits per heavy atom. The zero-order valence-corrected chi connectivity index (χ0v) is 20.3. The average Bonchev–Trinajstić information content (AvgIpc) is 3.53. The van der Waals surface area contributed by atoms with E-state index in [4.69, 9.17) is 19.6 Å². The molecule has 0 spiro atoms. The van der Waals surface area contributed by atoms with Crippen LogP contribution >= 0.6 is 0 Å². The molecule has 4 aromatic rings. The van der Waals surface area contributed by atoms with Crippen molar-refractivity contribution < 1.29 is 32.6 Å². The molecule has 2 N–H and O–H groups in total. The van der Waals surface area contributed by atoms with E-state index in [0.717, 1.165) is 55.1 Å². The highest BCUT2D eigenvalue weighted by molar-refractivity contribution is 6.00. The number of carboxylic acid groups (broad SMARTS) is 1. The van der Waals surface area contributed by atoms with Crippen LogP contribution in [-0.4, -0.2) is 61.9 Å². The number of alkyl halides is 3. The van der Waals surface area contributed by atoms with Gasteiger partial charge in [-0.15, -0.1) is 0 Å². The number of carboxylic acids is 1. The van der Waals surface area contributed by atoms with Crippen LogP contribution in [0.5, 0.6) is 0 Å². The first kappa shape index (κ1) is 26.9. The summed E-state index contributed by atoms with van der Waals surface area (Å²) in [5.41, 5.74) is 3.36. The lowest BCUT2D eigenvalue weighted by atomic mass is 10.0. The van der Waals surface area contributed by atoms with Crippen LogP contribution in [0.25, 0.3) is 16.9 Å². The number of pyridine rings is 2. The van der Waals surface area contributed by atoms with Crippen molar-refractivity contribution in [2.45, 2.75) is 25.6 Å². The van der Waals surface area contributed by atoms with Gasteiger partial charge in [0.05, 0.1) is 5.52 Å². The average molecular weight is 530 g/mol. The Kier molecular flexibility index (Phi) is 8.41. The third-order valence-corrected chi connectivity index (χ3v) is 5.99. The minimum absolute atomic E-state index is 0.128. The first-order chi connectivity index (χ1) is 18.2. The monoisotopic (exact) mass is 529 g/mol. The smallest absolute Gasteiger partial charge is 0.475 e. The number of halogens is 3. The highest BCUT2D eigenvalue weighted by Gasteiger charge is 2.38. The molecule has 5 rings (SSSR count). The molecule has 0 saturated carbocycles. The molecule has 9 nitrogen and oxygen atoms in total. The zero-order valence-electron chi connectivity index (χ0n) is 20.3. The standard InChI is InChI=1S/C24H25N5O2.C2HF3O2/c30-24(26-15-18-7-12-31-13-8-18)22-21-5-1-2-10-29(21)23(27-22)20-6-11-28(17-20)16-19-4-3-9-25-14-19;3-2(4,5)1(6)7/h1-6,9-11,14,17-18H,7-8,12-13,15-16H2,(H,26,30);(H,6,7). The molecule has 4 aromatic heterocycles. The van der Waals surface area contributed by atoms with Crippen LogP contribution in [0.15, 0.2) is 67.4 Å². The van der Waals surface area contributed by atoms with Crippen molar-refractivity contribution in [1.82, 2.24) is 24.3 Å². The summed E-state index contributed by atoms with van der Waals surface area (Å²) in [7, 11) is 0. The summed E-state index contributed by atoms with van der Waals surface area (Å²) in [5, 5.41) is 10.2. The van der Waals surface area contributed by atoms with E-state index in [1.165, 1.54) is 0 Å². The first-order valence-electron chi connectivity index (χ1n) is 11.9. The molecule has 1 saturated heterocycles. The normalized spacial score (nSPS) is 14.1. The summed E-state index contributed by atoms with van der Waals surface area (Å²) in [6.45, 7) is 2.93. The SMILES string of the molecule is O=C(NCC1CCOCC1)c1nc(-c2ccn(Cc3cccnc3)c2)n2ccccc12.O=C(O)C(F)(F)F. The molecule has 1 amide bonds. The molecular weight excluding hydrogens is 503 g/mol. The van der Waals surface area contributed by atoms with E-state index < -0.39 is 12.1 Å². The second-order valence-electron chi connectivity index (χ2n) is 8.74. The summed E-state index contributed by atoms with van der Waals surface area (Å²) in [6.07, 6.45) is 6.56. The first-order valence-corrected chi connectivity index (χ1v) is 11.9. The Morgan fingerprint density at radius 3 is 2.55 bits per heavy atom. The number of ether oxygens (including phenoxy) is 1. The minimum Gasteiger partial charge on any atom is -0.475 e. The second kappa shape index (κ2) is 11.9. The van der Waals surface area contributed by atoms with Gasteiger partial charge in [-0.1, -0.05) is 12.1 Å². The highest BCUT2D eigenvalue weighted by Crippen LogP contribution is 2.24. The number of nitrogens with one attached hydrogen (secondary N) is 1. The Hall–Kier alpha value is -4.19. The molecule has 0 radical (unpaired) electrons. The maximum Gasteiger partial charge on any atom is 0.490 e. The van der Waals surface area contributed by atoms with Gasteiger partial charge in [-0.2, -0.15) is 13.2 Å². The van der Waals surface area contributed by atoms with E-state index >= 15 is 0 Å². The highest BCUT2D eigenvalue weighted by atomic mass is 19.4. The molecule has 200 valence electrons. The Bertz CT molecular complexity index is 1380. The van der Waals surface area contributed by atoms with Crippen molar-refractivity contribution in [1.29, 1.82) is 0 Å². The quantitative estimate of drug-likeness (QED) is 0.390. The molecule has 0 atom stereocenters. The zero-order chi connectivity index (χ0) is 27.1. The molecule has 38 heavy (non-hydrogen) atoms. The van der Waals surface area contributed by atoms with Crippen molar-refractivity contribution in [2.75, 3.05) is 19.8 Å². The third kappa shape index (κ3) is 6.76. The molecule has 0 aromatic carbocycles. The van der Waals surface area contributed by atoms with Crippen LogP contribution in [0.2, 0.25) is 0 Å². The van der Waals surface area contributed by atoms with Crippen molar-refractivity contribution in [3.05, 3.63) is 78.6 Å². The summed E-state index contributed by atoms with van der Waals surface area (Å²) in [6, 6.07) is 11.8. The molecular formula is C26H26F3N5O4. The van der Waals surface area contributed by atoms with Gasteiger partial charge in [-0.25, -0.2) is 9.78 Å². The van der Waals surface area contributed by atoms with Crippen LogP contribution in [-0.2, 0) is 16.1 Å². The molecule has 1 fully saturated rings. The van der Waals surface area contributed by atoms with Gasteiger partial charge in [0.2, 0.25) is 0 Å². The van der Waals surface area contributed by atoms with Gasteiger partial charge >= 0.3 is 12.1 Å². The topological polar surface area (TPSA) is 111 Å². The molecule has 12 heteroatoms. The van der Waals surface area contributed by atoms with Crippen LogP contribution in [0.4, 0.5) is 13.2 Å². The number of imidazole rings is 1. The van der Waals surface area contributed by atoms with Gasteiger partial charge in [0.15, 0.2) is 5.69 Å². The largest absolute Gasteiger partial charge is 0.490 e. The van der Waals surface area contributed by atoms with E-state index in [9.17, 15) is 18.0 Å². The third-order valence-electron chi connectivity index (χ3n) is 5.99. The van der Waals surface area contributed by atoms with Crippen LogP contribution < -0.4 is 5.32 Å². The molecule has 0 aliphatic carbocycles. The summed E-state index contributed by atoms with van der Waals surface area (Å²) >= 11 is 0. The van der Waals surface area contributed by atoms with Gasteiger partial charge in [-0.05, 0) is 48.6 Å². The Balaban J connectivity index is 0.000000426. The number of fused-ring (bicyclic) bond motifs is 1. The summed E-state index contributed by atoms with van der Waals surface area (Å²) in [5.74, 6) is -1.66. The number of aromatic nitrogens is 4. The number of carbonyl (C=O) groups excluding carboxylic acids is 1. The van der Waals surface area contributed by atoms with Gasteiger partial charge in [-0.3, -0.25) is 14.2 Å². The summed E-state index contributed by atoms with van der Waals surface area (Å²) < 4.78 is 41.2. The van der Waals surface area contributed by atoms with Crippen LogP contribution in [0.3, 0.4) is 0 Å². The van der Waals surface area contributed by atoms with Crippen molar-refractivity contribution in [3.8, 4) is 11.4 Å². The lowest BCUT2D eigenvalue weighted by Gasteiger charge is -2.21. The van der Waals surface area contributed by atoms with Crippen LogP contribution in [0, 0.1) is 5.92 Å². The van der Waals surface area contributed by atoms with E-state index in [0.29, 0.717) is 18.2 Å². The fourth-order valence-electron chi connectivity index (χ4n) is 4.05. The predicted molar refractivity (Wildman–Crippen MR) is 132 cm³/mol. The number of aliphatic carboxylic acids is 1. The van der Waals surface area contributed by atoms with E-state index in [-0.39, 0.29) is 5.91 Å². The van der Waals surface area contributed by atoms with Crippen molar-refractivity contribution in [2.24, 2.45) is 5.92 Å². The summed E-state index contributed by atoms with van der Waals surface area (Å²) in [4.78, 5) is 30.8. The van der Waals surface area contributed by atoms with Gasteiger partial charge in [0, 0.05) is 62.9 Å². The number of nitrogens with zero attached hydrogens (tertiary/aromatic N) is 4. The molecule has 0 bridgehead atoms. The number of hydrogen-bond donors (Lipinski definition) is 2. The predicted octanol–water partition coefficient (Wildman–Crippen LogP) is 4.04. The maximum absolute atomic E-state index is 13.0. The Morgan fingerprint density at radius 2 is 1.87 bits per heavy atom. The molecule has 5 heterocycles. The number of amides is 1. The lowest BCUT2D eigenvalue weighted by Crippen LogP contribution is -2.32. The fraction of sp³-hybridized carbons (Fsp3) is 0.308. The van der Waals surface area contributed by atoms with Gasteiger partial charge in [0.25, 0.3) is 5.91 Å². The van der Waals surface area contributed by atoms with Gasteiger partial charge in [0.1, 0.15) is 5.82 Å². The maximum atomic E-state index is 13.0. The second-order valence-corrected chi connectivity index (χ2v) is 8.74. The minimum atomic E-state index is -5.08. The van der Waals surface area contributed by atoms with Crippen molar-refractivity contribution >= 4 is 17.4 Å². The Labute approximate surface area is 215 Å². The fourth-order valence-corrected chi connectivity index (χ4v) is 4.05. The number of hydrogen-bond acceptors (Lipinski definition) is 5. The molecule has 0 unspecified atom stereocenters. The van der Waals surface area contributed by atoms with Crippen LogP contribution in [0.1, 0.15) is 28.9 Å². The van der Waals surface area contributed by atoms with E-state index in [1.54, 1.807) is 6.20 Å². The molecule has 1 aliphatic heterocycles.